The molecule has 0 saturated heterocycles. The minimum absolute atomic E-state index is 0.134. The van der Waals surface area contributed by atoms with E-state index in [1.54, 1.807) is 12.0 Å². The Hall–Kier alpha value is -1.87. The smallest absolute Gasteiger partial charge is 0.330 e. The fourth-order valence-corrected chi connectivity index (χ4v) is 2.66. The number of unbranched alkanes of at least 4 members (excludes halogenated alkanes) is 1. The van der Waals surface area contributed by atoms with Crippen LogP contribution >= 0.6 is 12.2 Å². The van der Waals surface area contributed by atoms with Crippen LogP contribution in [-0.2, 0) is 11.3 Å². The number of nitrogens with one attached hydrogen (secondary N) is 2. The van der Waals surface area contributed by atoms with E-state index in [0.717, 1.165) is 12.8 Å². The minimum atomic E-state index is -0.533. The Kier molecular flexibility index (Phi) is 8.64. The summed E-state index contributed by atoms with van der Waals surface area (Å²) < 4.78 is 6.39. The van der Waals surface area contributed by atoms with Gasteiger partial charge < -0.3 is 20.7 Å². The van der Waals surface area contributed by atoms with Crippen molar-refractivity contribution < 1.29 is 4.74 Å². The summed E-state index contributed by atoms with van der Waals surface area (Å²) in [5.41, 5.74) is 5.36. The fraction of sp³-hybridized carbons (Fsp3) is 0.688. The summed E-state index contributed by atoms with van der Waals surface area (Å²) in [5.74, 6) is 0.337. The molecule has 0 atom stereocenters. The molecule has 1 aromatic rings. The Bertz CT molecular complexity index is 683. The van der Waals surface area contributed by atoms with Crippen LogP contribution in [0, 0.1) is 5.92 Å². The number of hydrogen-bond acceptors (Lipinski definition) is 5. The summed E-state index contributed by atoms with van der Waals surface area (Å²) in [7, 11) is 1.60. The summed E-state index contributed by atoms with van der Waals surface area (Å²) in [5, 5.41) is 3.44. The van der Waals surface area contributed by atoms with Crippen molar-refractivity contribution in [1.82, 2.24) is 14.9 Å². The maximum absolute atomic E-state index is 12.4. The molecule has 0 aliphatic heterocycles. The van der Waals surface area contributed by atoms with Gasteiger partial charge in [0.2, 0.25) is 0 Å². The van der Waals surface area contributed by atoms with Gasteiger partial charge in [0.1, 0.15) is 5.82 Å². The Morgan fingerprint density at radius 1 is 1.44 bits per heavy atom. The van der Waals surface area contributed by atoms with E-state index in [4.69, 9.17) is 22.7 Å². The maximum Gasteiger partial charge on any atom is 0.330 e. The summed E-state index contributed by atoms with van der Waals surface area (Å²) in [6, 6.07) is 0. The first kappa shape index (κ1) is 21.2. The van der Waals surface area contributed by atoms with E-state index in [1.807, 2.05) is 20.8 Å². The zero-order valence-corrected chi connectivity index (χ0v) is 16.2. The Balaban J connectivity index is 3.30. The zero-order valence-electron chi connectivity index (χ0n) is 15.4. The molecular weight excluding hydrogens is 342 g/mol. The van der Waals surface area contributed by atoms with E-state index in [1.165, 1.54) is 4.57 Å². The van der Waals surface area contributed by atoms with Gasteiger partial charge in [0.15, 0.2) is 10.8 Å². The topological polar surface area (TPSA) is 105 Å². The third kappa shape index (κ3) is 5.86. The number of thiocarbonyl (C=S) groups is 1. The lowest BCUT2D eigenvalue weighted by atomic mass is 10.2. The van der Waals surface area contributed by atoms with Crippen molar-refractivity contribution in [2.75, 3.05) is 37.4 Å². The number of anilines is 2. The summed E-state index contributed by atoms with van der Waals surface area (Å²) in [6.07, 6.45) is 1.76. The Labute approximate surface area is 153 Å². The van der Waals surface area contributed by atoms with Crippen LogP contribution in [0.2, 0.25) is 0 Å². The molecule has 1 heterocycles. The highest BCUT2D eigenvalue weighted by Crippen LogP contribution is 2.18. The largest absolute Gasteiger partial charge is 0.383 e. The maximum atomic E-state index is 12.4. The molecule has 0 spiro atoms. The van der Waals surface area contributed by atoms with Crippen LogP contribution in [0.3, 0.4) is 0 Å². The molecule has 0 saturated carbocycles. The number of rotatable bonds is 9. The molecule has 4 N–H and O–H groups in total. The van der Waals surface area contributed by atoms with Gasteiger partial charge in [0.25, 0.3) is 5.56 Å². The molecule has 1 aromatic heterocycles. The van der Waals surface area contributed by atoms with Crippen LogP contribution in [0.5, 0.6) is 0 Å². The van der Waals surface area contributed by atoms with Gasteiger partial charge in [-0.25, -0.2) is 4.79 Å². The van der Waals surface area contributed by atoms with Gasteiger partial charge in [-0.15, -0.1) is 0 Å². The highest BCUT2D eigenvalue weighted by molar-refractivity contribution is 7.80. The van der Waals surface area contributed by atoms with Crippen LogP contribution in [0.25, 0.3) is 0 Å². The summed E-state index contributed by atoms with van der Waals surface area (Å²) in [6.45, 7) is 7.95. The second-order valence-corrected chi connectivity index (χ2v) is 6.61. The number of nitrogens with two attached hydrogens (primary N) is 1. The van der Waals surface area contributed by atoms with Crippen molar-refractivity contribution in [3.05, 3.63) is 20.8 Å². The van der Waals surface area contributed by atoms with Gasteiger partial charge in [-0.2, -0.15) is 0 Å². The van der Waals surface area contributed by atoms with E-state index in [2.05, 4.69) is 10.3 Å². The number of ether oxygens (including phenoxy) is 1. The molecule has 1 rings (SSSR count). The Morgan fingerprint density at radius 2 is 2.12 bits per heavy atom. The highest BCUT2D eigenvalue weighted by atomic mass is 32.1. The van der Waals surface area contributed by atoms with Crippen LogP contribution in [0.4, 0.5) is 11.5 Å². The molecule has 0 bridgehead atoms. The predicted octanol–water partition coefficient (Wildman–Crippen LogP) is 0.902. The van der Waals surface area contributed by atoms with Gasteiger partial charge in [0.05, 0.1) is 6.61 Å². The first-order valence-electron chi connectivity index (χ1n) is 8.50. The number of nitrogens with zero attached hydrogens (tertiary/aromatic N) is 2. The van der Waals surface area contributed by atoms with Crippen LogP contribution in [-0.4, -0.2) is 41.5 Å². The molecule has 0 aliphatic rings. The lowest BCUT2D eigenvalue weighted by Crippen LogP contribution is -2.46. The number of aromatic amines is 1. The average molecular weight is 372 g/mol. The molecule has 9 heteroatoms. The van der Waals surface area contributed by atoms with Crippen molar-refractivity contribution in [3.63, 3.8) is 0 Å². The molecule has 0 aromatic carbocycles. The van der Waals surface area contributed by atoms with Crippen molar-refractivity contribution in [1.29, 1.82) is 0 Å². The average Bonchev–Trinajstić information content (AvgIpc) is 2.54. The molecule has 0 amide bonds. The van der Waals surface area contributed by atoms with Gasteiger partial charge in [0, 0.05) is 26.7 Å². The van der Waals surface area contributed by atoms with Gasteiger partial charge in [-0.3, -0.25) is 14.3 Å². The number of nitrogen functional groups attached to an aromatic ring is 1. The van der Waals surface area contributed by atoms with Crippen molar-refractivity contribution in [2.45, 2.75) is 40.2 Å². The number of aromatic nitrogens is 2. The van der Waals surface area contributed by atoms with E-state index in [9.17, 15) is 9.59 Å². The molecule has 0 radical (unpaired) electrons. The van der Waals surface area contributed by atoms with Gasteiger partial charge in [-0.1, -0.05) is 27.2 Å². The molecule has 0 fully saturated rings. The molecule has 142 valence electrons. The third-order valence-electron chi connectivity index (χ3n) is 3.59. The second-order valence-electron chi connectivity index (χ2n) is 6.23. The zero-order chi connectivity index (χ0) is 19.0. The standard InChI is InChI=1S/C16H29N5O3S/c1-5-6-8-20(16(25)18-7-9-24-4)12-13(17)21(10-11(2)3)15(23)19-14(12)22/h11H,5-10,17H2,1-4H3,(H,18,25)(H,19,22,23). The molecule has 0 aliphatic carbocycles. The minimum Gasteiger partial charge on any atom is -0.383 e. The quantitative estimate of drug-likeness (QED) is 0.437. The lowest BCUT2D eigenvalue weighted by Gasteiger charge is -2.27. The van der Waals surface area contributed by atoms with Gasteiger partial charge in [-0.05, 0) is 24.6 Å². The highest BCUT2D eigenvalue weighted by Gasteiger charge is 2.21. The number of H-pyrrole nitrogens is 1. The summed E-state index contributed by atoms with van der Waals surface area (Å²) >= 11 is 5.43. The van der Waals surface area contributed by atoms with E-state index >= 15 is 0 Å². The fourth-order valence-electron chi connectivity index (χ4n) is 2.37. The monoisotopic (exact) mass is 371 g/mol. The van der Waals surface area contributed by atoms with Crippen LogP contribution < -0.4 is 27.2 Å². The lowest BCUT2D eigenvalue weighted by molar-refractivity contribution is 0.204. The van der Waals surface area contributed by atoms with Crippen LogP contribution in [0.15, 0.2) is 9.59 Å². The first-order chi connectivity index (χ1) is 11.8. The van der Waals surface area contributed by atoms with Crippen molar-refractivity contribution in [2.24, 2.45) is 5.92 Å². The molecule has 8 nitrogen and oxygen atoms in total. The van der Waals surface area contributed by atoms with Crippen molar-refractivity contribution >= 4 is 28.8 Å². The second kappa shape index (κ2) is 10.2. The van der Waals surface area contributed by atoms with Crippen LogP contribution in [0.1, 0.15) is 33.6 Å². The van der Waals surface area contributed by atoms with E-state index in [-0.39, 0.29) is 17.4 Å². The Morgan fingerprint density at radius 3 is 2.68 bits per heavy atom. The van der Waals surface area contributed by atoms with E-state index in [0.29, 0.717) is 31.4 Å². The summed E-state index contributed by atoms with van der Waals surface area (Å²) in [4.78, 5) is 28.6. The third-order valence-corrected chi connectivity index (χ3v) is 3.96. The SMILES string of the molecule is CCCCN(C(=S)NCCOC)c1c(N)n(CC(C)C)c(=O)[nH]c1=O. The molecule has 0 unspecified atom stereocenters. The van der Waals surface area contributed by atoms with Crippen molar-refractivity contribution in [3.8, 4) is 0 Å². The first-order valence-corrected chi connectivity index (χ1v) is 8.91. The predicted molar refractivity (Wildman–Crippen MR) is 105 cm³/mol. The number of methoxy groups -OCH3 is 1. The normalized spacial score (nSPS) is 10.9. The van der Waals surface area contributed by atoms with E-state index < -0.39 is 11.2 Å². The molecule has 25 heavy (non-hydrogen) atoms. The molecular formula is C16H29N5O3S. The number of hydrogen-bond donors (Lipinski definition) is 3. The van der Waals surface area contributed by atoms with Gasteiger partial charge >= 0.3 is 5.69 Å².